The number of nitrogens with zero attached hydrogens (tertiary/aromatic N) is 2. The summed E-state index contributed by atoms with van der Waals surface area (Å²) in [5, 5.41) is 19.4. The monoisotopic (exact) mass is 346 g/mol. The van der Waals surface area contributed by atoms with Crippen LogP contribution in [0.4, 0.5) is 0 Å². The number of aliphatic hydroxyl groups excluding tert-OH is 2. The number of amides is 1. The number of aliphatic hydroxyl groups is 2. The van der Waals surface area contributed by atoms with Crippen LogP contribution in [0.15, 0.2) is 18.2 Å². The Morgan fingerprint density at radius 3 is 2.52 bits per heavy atom. The standard InChI is InChI=1S/C20H30N2O3/c1-14-4-3-5-19(15(14)2)20(25)22-11-16(17(12-22)13-23)10-21-8-6-18(24)7-9-21/h3-5,16-18,23-24H,6-13H2,1-2H3/t16-,17-/m1/s1. The molecule has 2 atom stereocenters. The van der Waals surface area contributed by atoms with Gasteiger partial charge in [-0.1, -0.05) is 12.1 Å². The molecule has 0 unspecified atom stereocenters. The van der Waals surface area contributed by atoms with Gasteiger partial charge in [0.15, 0.2) is 0 Å². The quantitative estimate of drug-likeness (QED) is 0.866. The van der Waals surface area contributed by atoms with E-state index in [-0.39, 0.29) is 24.5 Å². The van der Waals surface area contributed by atoms with Crippen molar-refractivity contribution in [3.05, 3.63) is 34.9 Å². The molecule has 2 aliphatic heterocycles. The number of piperidine rings is 1. The van der Waals surface area contributed by atoms with E-state index < -0.39 is 0 Å². The third kappa shape index (κ3) is 4.05. The summed E-state index contributed by atoms with van der Waals surface area (Å²) in [6, 6.07) is 5.86. The van der Waals surface area contributed by atoms with E-state index >= 15 is 0 Å². The van der Waals surface area contributed by atoms with E-state index in [4.69, 9.17) is 0 Å². The van der Waals surface area contributed by atoms with Crippen molar-refractivity contribution < 1.29 is 15.0 Å². The molecule has 5 heteroatoms. The van der Waals surface area contributed by atoms with Gasteiger partial charge in [0, 0.05) is 50.8 Å². The van der Waals surface area contributed by atoms with Crippen molar-refractivity contribution in [1.82, 2.24) is 9.80 Å². The molecule has 0 radical (unpaired) electrons. The maximum absolute atomic E-state index is 13.0. The molecule has 2 saturated heterocycles. The molecule has 1 aromatic carbocycles. The summed E-state index contributed by atoms with van der Waals surface area (Å²) in [4.78, 5) is 17.2. The minimum atomic E-state index is -0.171. The molecule has 2 heterocycles. The fourth-order valence-corrected chi connectivity index (χ4v) is 4.10. The van der Waals surface area contributed by atoms with E-state index in [0.717, 1.165) is 49.2 Å². The summed E-state index contributed by atoms with van der Waals surface area (Å²) in [6.45, 7) is 8.19. The van der Waals surface area contributed by atoms with Crippen LogP contribution in [0.5, 0.6) is 0 Å². The molecule has 0 aliphatic carbocycles. The molecule has 2 fully saturated rings. The van der Waals surface area contributed by atoms with Gasteiger partial charge in [0.2, 0.25) is 0 Å². The highest BCUT2D eigenvalue weighted by Gasteiger charge is 2.36. The lowest BCUT2D eigenvalue weighted by Gasteiger charge is -2.32. The van der Waals surface area contributed by atoms with Crippen LogP contribution in [-0.4, -0.2) is 71.4 Å². The van der Waals surface area contributed by atoms with Crippen LogP contribution < -0.4 is 0 Å². The third-order valence-corrected chi connectivity index (χ3v) is 5.98. The molecule has 1 aromatic rings. The van der Waals surface area contributed by atoms with Gasteiger partial charge < -0.3 is 20.0 Å². The second-order valence-electron chi connectivity index (χ2n) is 7.69. The molecule has 0 aromatic heterocycles. The molecule has 2 N–H and O–H groups in total. The van der Waals surface area contributed by atoms with Crippen molar-refractivity contribution in [1.29, 1.82) is 0 Å². The van der Waals surface area contributed by atoms with Crippen LogP contribution in [-0.2, 0) is 0 Å². The predicted octanol–water partition coefficient (Wildman–Crippen LogP) is 1.44. The molecule has 0 saturated carbocycles. The SMILES string of the molecule is Cc1cccc(C(=O)N2C[C@@H](CN3CCC(O)CC3)[C@@H](CO)C2)c1C. The van der Waals surface area contributed by atoms with Crippen LogP contribution in [0.3, 0.4) is 0 Å². The Bertz CT molecular complexity index is 611. The van der Waals surface area contributed by atoms with E-state index in [9.17, 15) is 15.0 Å². The van der Waals surface area contributed by atoms with E-state index in [1.54, 1.807) is 0 Å². The Kier molecular flexibility index (Phi) is 5.77. The summed E-state index contributed by atoms with van der Waals surface area (Å²) < 4.78 is 0. The second kappa shape index (κ2) is 7.85. The molecular formula is C20H30N2O3. The summed E-state index contributed by atoms with van der Waals surface area (Å²) in [5.41, 5.74) is 2.95. The number of hydrogen-bond donors (Lipinski definition) is 2. The highest BCUT2D eigenvalue weighted by Crippen LogP contribution is 2.27. The van der Waals surface area contributed by atoms with Gasteiger partial charge in [0.05, 0.1) is 6.10 Å². The van der Waals surface area contributed by atoms with Crippen LogP contribution >= 0.6 is 0 Å². The predicted molar refractivity (Wildman–Crippen MR) is 97.6 cm³/mol. The third-order valence-electron chi connectivity index (χ3n) is 5.98. The largest absolute Gasteiger partial charge is 0.396 e. The Balaban J connectivity index is 1.66. The van der Waals surface area contributed by atoms with Crippen LogP contribution in [0.1, 0.15) is 34.3 Å². The van der Waals surface area contributed by atoms with Crippen molar-refractivity contribution in [2.75, 3.05) is 39.3 Å². The smallest absolute Gasteiger partial charge is 0.254 e. The lowest BCUT2D eigenvalue weighted by Crippen LogP contribution is -2.40. The Labute approximate surface area is 150 Å². The lowest BCUT2D eigenvalue weighted by molar-refractivity contribution is 0.0679. The van der Waals surface area contributed by atoms with Crippen molar-refractivity contribution in [2.45, 2.75) is 32.8 Å². The van der Waals surface area contributed by atoms with Gasteiger partial charge in [-0.25, -0.2) is 0 Å². The lowest BCUT2D eigenvalue weighted by atomic mass is 9.95. The number of carbonyl (C=O) groups excluding carboxylic acids is 1. The van der Waals surface area contributed by atoms with Crippen LogP contribution in [0, 0.1) is 25.7 Å². The highest BCUT2D eigenvalue weighted by atomic mass is 16.3. The molecule has 5 nitrogen and oxygen atoms in total. The molecule has 2 aliphatic rings. The molecule has 0 spiro atoms. The van der Waals surface area contributed by atoms with E-state index in [1.807, 2.05) is 36.9 Å². The summed E-state index contributed by atoms with van der Waals surface area (Å²) in [7, 11) is 0. The van der Waals surface area contributed by atoms with E-state index in [1.165, 1.54) is 0 Å². The van der Waals surface area contributed by atoms with Crippen LogP contribution in [0.25, 0.3) is 0 Å². The number of benzene rings is 1. The Hall–Kier alpha value is -1.43. The molecule has 3 rings (SSSR count). The molecule has 1 amide bonds. The van der Waals surface area contributed by atoms with Gasteiger partial charge in [0.1, 0.15) is 0 Å². The first-order chi connectivity index (χ1) is 12.0. The zero-order valence-corrected chi connectivity index (χ0v) is 15.3. The summed E-state index contributed by atoms with van der Waals surface area (Å²) in [5.74, 6) is 0.520. The first-order valence-corrected chi connectivity index (χ1v) is 9.36. The number of likely N-dealkylation sites (tertiary alicyclic amines) is 2. The van der Waals surface area contributed by atoms with E-state index in [0.29, 0.717) is 19.0 Å². The maximum atomic E-state index is 13.0. The maximum Gasteiger partial charge on any atom is 0.254 e. The fraction of sp³-hybridized carbons (Fsp3) is 0.650. The van der Waals surface area contributed by atoms with Crippen molar-refractivity contribution in [3.63, 3.8) is 0 Å². The van der Waals surface area contributed by atoms with Gasteiger partial charge in [-0.05, 0) is 49.8 Å². The molecule has 0 bridgehead atoms. The van der Waals surface area contributed by atoms with E-state index in [2.05, 4.69) is 4.90 Å². The van der Waals surface area contributed by atoms with Crippen molar-refractivity contribution in [2.24, 2.45) is 11.8 Å². The topological polar surface area (TPSA) is 64.0 Å². The van der Waals surface area contributed by atoms with Gasteiger partial charge in [-0.3, -0.25) is 4.79 Å². The van der Waals surface area contributed by atoms with Gasteiger partial charge in [0.25, 0.3) is 5.91 Å². The van der Waals surface area contributed by atoms with Crippen molar-refractivity contribution in [3.8, 4) is 0 Å². The first-order valence-electron chi connectivity index (χ1n) is 9.36. The molecule has 138 valence electrons. The fourth-order valence-electron chi connectivity index (χ4n) is 4.10. The average molecular weight is 346 g/mol. The van der Waals surface area contributed by atoms with Gasteiger partial charge >= 0.3 is 0 Å². The zero-order chi connectivity index (χ0) is 18.0. The Morgan fingerprint density at radius 2 is 1.84 bits per heavy atom. The summed E-state index contributed by atoms with van der Waals surface area (Å²) in [6.07, 6.45) is 1.47. The van der Waals surface area contributed by atoms with Crippen molar-refractivity contribution >= 4 is 5.91 Å². The molecule has 25 heavy (non-hydrogen) atoms. The van der Waals surface area contributed by atoms with Gasteiger partial charge in [-0.2, -0.15) is 0 Å². The Morgan fingerprint density at radius 1 is 1.16 bits per heavy atom. The first kappa shape index (κ1) is 18.4. The second-order valence-corrected chi connectivity index (χ2v) is 7.69. The number of carbonyl (C=O) groups is 1. The van der Waals surface area contributed by atoms with Crippen LogP contribution in [0.2, 0.25) is 0 Å². The normalized spacial score (nSPS) is 25.5. The number of hydrogen-bond acceptors (Lipinski definition) is 4. The average Bonchev–Trinajstić information content (AvgIpc) is 3.01. The summed E-state index contributed by atoms with van der Waals surface area (Å²) >= 11 is 0. The number of rotatable bonds is 4. The minimum Gasteiger partial charge on any atom is -0.396 e. The molecular weight excluding hydrogens is 316 g/mol. The highest BCUT2D eigenvalue weighted by molar-refractivity contribution is 5.96. The van der Waals surface area contributed by atoms with Gasteiger partial charge in [-0.15, -0.1) is 0 Å². The number of aryl methyl sites for hydroxylation is 1. The minimum absolute atomic E-state index is 0.0798. The zero-order valence-electron chi connectivity index (χ0n) is 15.3.